The van der Waals surface area contributed by atoms with Gasteiger partial charge in [0.15, 0.2) is 5.82 Å². The first-order chi connectivity index (χ1) is 11.8. The van der Waals surface area contributed by atoms with Crippen molar-refractivity contribution in [2.45, 2.75) is 13.1 Å². The SMILES string of the molecule is Cc1ccnc(-n2nc(-c3ccc(C(F)(F)F)cc3)c(C#N)c2N)c1. The van der Waals surface area contributed by atoms with Crippen LogP contribution in [0.4, 0.5) is 19.0 Å². The molecule has 0 aliphatic rings. The van der Waals surface area contributed by atoms with Crippen LogP contribution in [0.25, 0.3) is 17.1 Å². The molecule has 3 rings (SSSR count). The first kappa shape index (κ1) is 16.5. The number of hydrogen-bond acceptors (Lipinski definition) is 4. The molecule has 0 saturated carbocycles. The predicted molar refractivity (Wildman–Crippen MR) is 85.7 cm³/mol. The van der Waals surface area contributed by atoms with Crippen LogP contribution >= 0.6 is 0 Å². The van der Waals surface area contributed by atoms with Crippen LogP contribution in [0.15, 0.2) is 42.6 Å². The number of nitrogens with two attached hydrogens (primary N) is 1. The van der Waals surface area contributed by atoms with E-state index in [9.17, 15) is 18.4 Å². The minimum absolute atomic E-state index is 0.0792. The molecule has 0 radical (unpaired) electrons. The van der Waals surface area contributed by atoms with Crippen LogP contribution in [0.5, 0.6) is 0 Å². The van der Waals surface area contributed by atoms with Gasteiger partial charge in [0.1, 0.15) is 23.1 Å². The number of nitrogens with zero attached hydrogens (tertiary/aromatic N) is 4. The second-order valence-electron chi connectivity index (χ2n) is 5.40. The average molecular weight is 343 g/mol. The third-order valence-electron chi connectivity index (χ3n) is 3.64. The van der Waals surface area contributed by atoms with Gasteiger partial charge >= 0.3 is 6.18 Å². The number of halogens is 3. The molecule has 0 spiro atoms. The van der Waals surface area contributed by atoms with Crippen molar-refractivity contribution >= 4 is 5.82 Å². The van der Waals surface area contributed by atoms with Crippen molar-refractivity contribution in [3.63, 3.8) is 0 Å². The number of pyridine rings is 1. The van der Waals surface area contributed by atoms with Gasteiger partial charge < -0.3 is 5.73 Å². The molecular weight excluding hydrogens is 331 g/mol. The predicted octanol–water partition coefficient (Wildman–Crippen LogP) is 3.72. The molecule has 3 aromatic rings. The maximum atomic E-state index is 12.7. The van der Waals surface area contributed by atoms with Crippen molar-refractivity contribution in [1.82, 2.24) is 14.8 Å². The number of rotatable bonds is 2. The van der Waals surface area contributed by atoms with Gasteiger partial charge in [0.05, 0.1) is 5.56 Å². The number of nitrogen functional groups attached to an aromatic ring is 1. The van der Waals surface area contributed by atoms with Gasteiger partial charge in [0.2, 0.25) is 0 Å². The van der Waals surface area contributed by atoms with Gasteiger partial charge in [-0.1, -0.05) is 12.1 Å². The minimum atomic E-state index is -4.43. The number of alkyl halides is 3. The van der Waals surface area contributed by atoms with Crippen LogP contribution in [0.3, 0.4) is 0 Å². The summed E-state index contributed by atoms with van der Waals surface area (Å²) in [6.07, 6.45) is -2.85. The molecule has 2 aromatic heterocycles. The van der Waals surface area contributed by atoms with Crippen LogP contribution in [0.1, 0.15) is 16.7 Å². The second-order valence-corrected chi connectivity index (χ2v) is 5.40. The van der Waals surface area contributed by atoms with Crippen LogP contribution < -0.4 is 5.73 Å². The number of nitriles is 1. The molecule has 0 unspecified atom stereocenters. The van der Waals surface area contributed by atoms with E-state index < -0.39 is 11.7 Å². The van der Waals surface area contributed by atoms with E-state index in [-0.39, 0.29) is 17.1 Å². The van der Waals surface area contributed by atoms with E-state index in [0.717, 1.165) is 17.7 Å². The fourth-order valence-electron chi connectivity index (χ4n) is 2.37. The maximum absolute atomic E-state index is 12.7. The van der Waals surface area contributed by atoms with E-state index in [2.05, 4.69) is 10.1 Å². The summed E-state index contributed by atoms with van der Waals surface area (Å²) in [5, 5.41) is 13.7. The minimum Gasteiger partial charge on any atom is -0.382 e. The van der Waals surface area contributed by atoms with Crippen molar-refractivity contribution < 1.29 is 13.2 Å². The van der Waals surface area contributed by atoms with Gasteiger partial charge in [-0.25, -0.2) is 4.98 Å². The molecule has 126 valence electrons. The smallest absolute Gasteiger partial charge is 0.382 e. The molecule has 2 N–H and O–H groups in total. The average Bonchev–Trinajstić information content (AvgIpc) is 2.91. The number of aryl methyl sites for hydroxylation is 1. The number of benzene rings is 1. The third-order valence-corrected chi connectivity index (χ3v) is 3.64. The Kier molecular flexibility index (Phi) is 3.93. The lowest BCUT2D eigenvalue weighted by Crippen LogP contribution is -2.04. The Bertz CT molecular complexity index is 965. The zero-order valence-electron chi connectivity index (χ0n) is 13.0. The van der Waals surface area contributed by atoms with Gasteiger partial charge in [-0.15, -0.1) is 0 Å². The lowest BCUT2D eigenvalue weighted by molar-refractivity contribution is -0.137. The Labute approximate surface area is 141 Å². The molecule has 0 aliphatic carbocycles. The van der Waals surface area contributed by atoms with E-state index in [0.29, 0.717) is 11.4 Å². The van der Waals surface area contributed by atoms with E-state index in [4.69, 9.17) is 5.73 Å². The molecule has 0 atom stereocenters. The molecule has 25 heavy (non-hydrogen) atoms. The Morgan fingerprint density at radius 3 is 2.40 bits per heavy atom. The summed E-state index contributed by atoms with van der Waals surface area (Å²) in [4.78, 5) is 4.16. The van der Waals surface area contributed by atoms with Crippen molar-refractivity contribution in [3.05, 3.63) is 59.3 Å². The Hall–Kier alpha value is -3.34. The molecule has 0 fully saturated rings. The van der Waals surface area contributed by atoms with Gasteiger partial charge in [-0.2, -0.15) is 28.2 Å². The molecular formula is C17H12F3N5. The first-order valence-electron chi connectivity index (χ1n) is 7.20. The highest BCUT2D eigenvalue weighted by Gasteiger charge is 2.30. The molecule has 0 amide bonds. The highest BCUT2D eigenvalue weighted by Crippen LogP contribution is 2.33. The van der Waals surface area contributed by atoms with Gasteiger partial charge in [0, 0.05) is 11.8 Å². The highest BCUT2D eigenvalue weighted by molar-refractivity contribution is 5.73. The summed E-state index contributed by atoms with van der Waals surface area (Å²) >= 11 is 0. The topological polar surface area (TPSA) is 80.5 Å². The Morgan fingerprint density at radius 2 is 1.84 bits per heavy atom. The zero-order chi connectivity index (χ0) is 18.2. The zero-order valence-corrected chi connectivity index (χ0v) is 13.0. The van der Waals surface area contributed by atoms with Gasteiger partial charge in [-0.05, 0) is 36.8 Å². The van der Waals surface area contributed by atoms with Crippen molar-refractivity contribution in [1.29, 1.82) is 5.26 Å². The van der Waals surface area contributed by atoms with E-state index in [1.54, 1.807) is 18.3 Å². The van der Waals surface area contributed by atoms with E-state index in [1.165, 1.54) is 16.8 Å². The molecule has 0 aliphatic heterocycles. The molecule has 5 nitrogen and oxygen atoms in total. The quantitative estimate of drug-likeness (QED) is 0.769. The Balaban J connectivity index is 2.12. The molecule has 8 heteroatoms. The van der Waals surface area contributed by atoms with Gasteiger partial charge in [-0.3, -0.25) is 0 Å². The van der Waals surface area contributed by atoms with Crippen molar-refractivity contribution in [2.75, 3.05) is 5.73 Å². The van der Waals surface area contributed by atoms with Crippen LogP contribution in [0.2, 0.25) is 0 Å². The summed E-state index contributed by atoms with van der Waals surface area (Å²) in [5.41, 5.74) is 6.80. The monoisotopic (exact) mass is 343 g/mol. The summed E-state index contributed by atoms with van der Waals surface area (Å²) in [5.74, 6) is 0.502. The third kappa shape index (κ3) is 3.04. The lowest BCUT2D eigenvalue weighted by atomic mass is 10.1. The fraction of sp³-hybridized carbons (Fsp3) is 0.118. The maximum Gasteiger partial charge on any atom is 0.416 e. The number of aromatic nitrogens is 3. The van der Waals surface area contributed by atoms with Crippen molar-refractivity contribution in [3.8, 4) is 23.1 Å². The molecule has 2 heterocycles. The summed E-state index contributed by atoms with van der Waals surface area (Å²) in [7, 11) is 0. The van der Waals surface area contributed by atoms with Crippen molar-refractivity contribution in [2.24, 2.45) is 0 Å². The number of hydrogen-bond donors (Lipinski definition) is 1. The van der Waals surface area contributed by atoms with E-state index >= 15 is 0 Å². The molecule has 1 aromatic carbocycles. The van der Waals surface area contributed by atoms with Crippen LogP contribution in [-0.4, -0.2) is 14.8 Å². The lowest BCUT2D eigenvalue weighted by Gasteiger charge is -2.06. The van der Waals surface area contributed by atoms with E-state index in [1.807, 2.05) is 13.0 Å². The van der Waals surface area contributed by atoms with Crippen LogP contribution in [0, 0.1) is 18.3 Å². The summed E-state index contributed by atoms with van der Waals surface area (Å²) in [6, 6.07) is 9.90. The normalized spacial score (nSPS) is 11.3. The van der Waals surface area contributed by atoms with Gasteiger partial charge in [0.25, 0.3) is 0 Å². The second kappa shape index (κ2) is 5.94. The standard InChI is InChI=1S/C17H12F3N5/c1-10-6-7-23-14(8-10)25-16(22)13(9-21)15(24-25)11-2-4-12(5-3-11)17(18,19)20/h2-8H,22H2,1H3. The van der Waals surface area contributed by atoms with Crippen LogP contribution in [-0.2, 0) is 6.18 Å². The summed E-state index contributed by atoms with van der Waals surface area (Å²) in [6.45, 7) is 1.87. The number of anilines is 1. The molecule has 0 bridgehead atoms. The largest absolute Gasteiger partial charge is 0.416 e. The fourth-order valence-corrected chi connectivity index (χ4v) is 2.37. The highest BCUT2D eigenvalue weighted by atomic mass is 19.4. The Morgan fingerprint density at radius 1 is 1.16 bits per heavy atom. The summed E-state index contributed by atoms with van der Waals surface area (Å²) < 4.78 is 39.4. The first-order valence-corrected chi connectivity index (χ1v) is 7.20. The molecule has 0 saturated heterocycles.